The molecule has 12 heteroatoms. The average Bonchev–Trinajstić information content (AvgIpc) is 3.12. The van der Waals surface area contributed by atoms with E-state index in [1.54, 1.807) is 34.9 Å². The van der Waals surface area contributed by atoms with E-state index in [1.807, 2.05) is 82.3 Å². The van der Waals surface area contributed by atoms with Crippen LogP contribution in [-0.2, 0) is 35.1 Å². The summed E-state index contributed by atoms with van der Waals surface area (Å²) in [7, 11) is 3.18. The highest BCUT2D eigenvalue weighted by atomic mass is 35.5. The van der Waals surface area contributed by atoms with Crippen molar-refractivity contribution in [3.8, 4) is 5.75 Å². The number of phenols is 1. The van der Waals surface area contributed by atoms with E-state index in [0.29, 0.717) is 24.0 Å². The quantitative estimate of drug-likeness (QED) is 0.247. The number of amides is 3. The fourth-order valence-electron chi connectivity index (χ4n) is 6.52. The Hall–Kier alpha value is -4.12. The molecule has 0 aliphatic carbocycles. The number of likely N-dealkylation sites (N-methyl/N-ethyl adjacent to an activating group) is 1. The van der Waals surface area contributed by atoms with Crippen molar-refractivity contribution in [1.29, 1.82) is 0 Å². The summed E-state index contributed by atoms with van der Waals surface area (Å²) in [4.78, 5) is 57.6. The third-order valence-corrected chi connectivity index (χ3v) is 10.2. The number of methoxy groups -OCH3 is 1. The largest absolute Gasteiger partial charge is 0.505 e. The number of carbonyl (C=O) groups excluding carboxylic acids is 4. The van der Waals surface area contributed by atoms with Crippen LogP contribution in [0.1, 0.15) is 78.5 Å². The van der Waals surface area contributed by atoms with Gasteiger partial charge in [0, 0.05) is 32.1 Å². The topological polar surface area (TPSA) is 134 Å². The van der Waals surface area contributed by atoms with Crippen molar-refractivity contribution in [1.82, 2.24) is 15.5 Å². The number of hydrogen-bond donors (Lipinski definition) is 3. The van der Waals surface area contributed by atoms with E-state index in [0.717, 1.165) is 11.1 Å². The number of hydrogen-bond acceptors (Lipinski definition) is 7. The molecule has 54 heavy (non-hydrogen) atoms. The number of rotatable bonds is 7. The van der Waals surface area contributed by atoms with E-state index in [2.05, 4.69) is 10.6 Å². The van der Waals surface area contributed by atoms with E-state index >= 15 is 0 Å². The zero-order valence-electron chi connectivity index (χ0n) is 32.7. The Kier molecular flexibility index (Phi) is 16.8. The second-order valence-electron chi connectivity index (χ2n) is 14.5. The van der Waals surface area contributed by atoms with Crippen LogP contribution in [-0.4, -0.2) is 72.1 Å². The molecule has 0 fully saturated rings. The van der Waals surface area contributed by atoms with Crippen LogP contribution in [0.4, 0.5) is 0 Å². The highest BCUT2D eigenvalue weighted by Gasteiger charge is 2.36. The Morgan fingerprint density at radius 2 is 1.61 bits per heavy atom. The van der Waals surface area contributed by atoms with Gasteiger partial charge in [-0.2, -0.15) is 0 Å². The van der Waals surface area contributed by atoms with Crippen molar-refractivity contribution in [3.63, 3.8) is 0 Å². The predicted octanol–water partition coefficient (Wildman–Crippen LogP) is 7.53. The Morgan fingerprint density at radius 1 is 0.981 bits per heavy atom. The Morgan fingerprint density at radius 3 is 2.17 bits per heavy atom. The van der Waals surface area contributed by atoms with Gasteiger partial charge in [-0.25, -0.2) is 4.79 Å². The number of halogens is 2. The second-order valence-corrected chi connectivity index (χ2v) is 15.3. The molecule has 1 heterocycles. The SMILES string of the molecule is CC/C1=C/C=C/[C@@H](C)[C@@H](c2ccccc2)OC(=O)[C@H](C(C)C)NC(=O)[C@@H](Cc2cc(Cl)c(O)c(Cl)c2)NC(=O)[C@H](C(C)C)N(C)C(=O)/C(C)=C/C[C@H]1OC. The number of esters is 1. The number of aromatic hydroxyl groups is 1. The lowest BCUT2D eigenvalue weighted by atomic mass is 9.95. The number of cyclic esters (lactones) is 1. The highest BCUT2D eigenvalue weighted by Crippen LogP contribution is 2.33. The van der Waals surface area contributed by atoms with Gasteiger partial charge >= 0.3 is 5.97 Å². The minimum Gasteiger partial charge on any atom is -0.505 e. The number of ether oxygens (including phenoxy) is 2. The first-order chi connectivity index (χ1) is 25.5. The van der Waals surface area contributed by atoms with Crippen molar-refractivity contribution >= 4 is 46.9 Å². The number of carbonyl (C=O) groups is 4. The summed E-state index contributed by atoms with van der Waals surface area (Å²) in [5, 5.41) is 15.8. The Balaban J connectivity index is 2.18. The third kappa shape index (κ3) is 11.7. The minimum absolute atomic E-state index is 0.0321. The average molecular weight is 785 g/mol. The molecule has 2 aromatic rings. The van der Waals surface area contributed by atoms with Crippen molar-refractivity contribution < 1.29 is 33.8 Å². The molecule has 1 aliphatic heterocycles. The normalized spacial score (nSPS) is 26.9. The van der Waals surface area contributed by atoms with E-state index in [9.17, 15) is 24.3 Å². The molecule has 294 valence electrons. The summed E-state index contributed by atoms with van der Waals surface area (Å²) < 4.78 is 12.1. The monoisotopic (exact) mass is 783 g/mol. The van der Waals surface area contributed by atoms with Crippen molar-refractivity contribution in [2.75, 3.05) is 14.2 Å². The first-order valence-electron chi connectivity index (χ1n) is 18.4. The molecule has 3 N–H and O–H groups in total. The lowest BCUT2D eigenvalue weighted by molar-refractivity contribution is -0.156. The summed E-state index contributed by atoms with van der Waals surface area (Å²) in [6.07, 6.45) is 7.71. The van der Waals surface area contributed by atoms with E-state index in [4.69, 9.17) is 32.7 Å². The molecule has 2 aromatic carbocycles. The van der Waals surface area contributed by atoms with E-state index in [1.165, 1.54) is 17.0 Å². The smallest absolute Gasteiger partial charge is 0.329 e. The van der Waals surface area contributed by atoms with E-state index < -0.39 is 47.9 Å². The molecule has 0 saturated carbocycles. The molecular formula is C42H55Cl2N3O7. The van der Waals surface area contributed by atoms with Gasteiger partial charge in [0.25, 0.3) is 0 Å². The highest BCUT2D eigenvalue weighted by molar-refractivity contribution is 6.37. The van der Waals surface area contributed by atoms with Gasteiger partial charge in [-0.15, -0.1) is 0 Å². The molecule has 3 amide bonds. The standard InChI is InChI=1S/C42H55Cl2N3O7/c1-10-29-18-14-15-26(6)38(30-16-12-11-13-17-30)54-42(52)35(24(2)3)46-39(49)33(23-28-21-31(43)37(48)32(44)22-28)45-40(50)36(25(4)5)47(8)41(51)27(7)19-20-34(29)53-9/h11-19,21-22,24-26,33-36,38,48H,10,20,23H2,1-9H3,(H,45,50)(H,46,49)/b15-14+,27-19+,29-18-/t26-,33-,34-,35+,36+,38+/m1/s1. The molecule has 0 saturated heterocycles. The maximum absolute atomic E-state index is 14.2. The Labute approximate surface area is 329 Å². The molecule has 0 radical (unpaired) electrons. The second kappa shape index (κ2) is 20.5. The Bertz CT molecular complexity index is 1700. The van der Waals surface area contributed by atoms with Gasteiger partial charge in [0.15, 0.2) is 5.75 Å². The third-order valence-electron chi connectivity index (χ3n) is 9.66. The van der Waals surface area contributed by atoms with Crippen LogP contribution >= 0.6 is 23.2 Å². The summed E-state index contributed by atoms with van der Waals surface area (Å²) in [5.74, 6) is -3.57. The summed E-state index contributed by atoms with van der Waals surface area (Å²) in [5.41, 5.74) is 2.67. The molecule has 10 nitrogen and oxygen atoms in total. The van der Waals surface area contributed by atoms with Crippen LogP contribution in [0.25, 0.3) is 0 Å². The van der Waals surface area contributed by atoms with Gasteiger partial charge in [-0.05, 0) is 60.4 Å². The molecule has 0 spiro atoms. The van der Waals surface area contributed by atoms with Gasteiger partial charge in [-0.1, -0.05) is 119 Å². The van der Waals surface area contributed by atoms with Gasteiger partial charge in [-0.3, -0.25) is 14.4 Å². The number of nitrogens with zero attached hydrogens (tertiary/aromatic N) is 1. The summed E-state index contributed by atoms with van der Waals surface area (Å²) >= 11 is 12.5. The van der Waals surface area contributed by atoms with Crippen LogP contribution in [0.2, 0.25) is 10.0 Å². The van der Waals surface area contributed by atoms with Crippen LogP contribution in [0.15, 0.2) is 77.9 Å². The summed E-state index contributed by atoms with van der Waals surface area (Å²) in [6.45, 7) is 12.9. The number of benzene rings is 2. The molecule has 0 aromatic heterocycles. The molecular weight excluding hydrogens is 729 g/mol. The van der Waals surface area contributed by atoms with Gasteiger partial charge in [0.2, 0.25) is 17.7 Å². The van der Waals surface area contributed by atoms with Crippen LogP contribution in [0.5, 0.6) is 5.75 Å². The molecule has 0 unspecified atom stereocenters. The maximum Gasteiger partial charge on any atom is 0.329 e. The molecule has 1 aliphatic rings. The van der Waals surface area contributed by atoms with E-state index in [-0.39, 0.29) is 46.1 Å². The fraction of sp³-hybridized carbons (Fsp3) is 0.476. The lowest BCUT2D eigenvalue weighted by Gasteiger charge is -2.32. The molecule has 6 atom stereocenters. The molecule has 0 bridgehead atoms. The zero-order chi connectivity index (χ0) is 40.3. The molecule has 3 rings (SSSR count). The van der Waals surface area contributed by atoms with Gasteiger partial charge < -0.3 is 30.1 Å². The summed E-state index contributed by atoms with van der Waals surface area (Å²) in [6, 6.07) is 9.00. The number of phenolic OH excluding ortho intramolecular Hbond substituents is 1. The van der Waals surface area contributed by atoms with Crippen LogP contribution in [0, 0.1) is 17.8 Å². The number of allylic oxidation sites excluding steroid dienone is 2. The number of nitrogens with one attached hydrogen (secondary N) is 2. The lowest BCUT2D eigenvalue weighted by Crippen LogP contribution is -2.58. The fourth-order valence-corrected chi connectivity index (χ4v) is 7.05. The maximum atomic E-state index is 14.2. The first-order valence-corrected chi connectivity index (χ1v) is 19.1. The van der Waals surface area contributed by atoms with Crippen molar-refractivity contribution in [2.24, 2.45) is 17.8 Å². The van der Waals surface area contributed by atoms with Crippen LogP contribution in [0.3, 0.4) is 0 Å². The van der Waals surface area contributed by atoms with Crippen molar-refractivity contribution in [3.05, 3.63) is 99.1 Å². The van der Waals surface area contributed by atoms with Crippen molar-refractivity contribution in [2.45, 2.75) is 98.1 Å². The van der Waals surface area contributed by atoms with Gasteiger partial charge in [0.05, 0.1) is 16.1 Å². The minimum atomic E-state index is -1.24. The predicted molar refractivity (Wildman–Crippen MR) is 213 cm³/mol. The van der Waals surface area contributed by atoms with Crippen LogP contribution < -0.4 is 10.6 Å². The van der Waals surface area contributed by atoms with Gasteiger partial charge in [0.1, 0.15) is 24.2 Å². The zero-order valence-corrected chi connectivity index (χ0v) is 34.2. The first kappa shape index (κ1) is 44.3.